The van der Waals surface area contributed by atoms with Gasteiger partial charge in [0.05, 0.1) is 11.1 Å². The Balaban J connectivity index is 1.59. The molecule has 0 saturated heterocycles. The Morgan fingerprint density at radius 1 is 1.11 bits per heavy atom. The summed E-state index contributed by atoms with van der Waals surface area (Å²) in [5.41, 5.74) is 2.75. The molecule has 1 N–H and O–H groups in total. The summed E-state index contributed by atoms with van der Waals surface area (Å²) in [7, 11) is 0. The minimum Gasteiger partial charge on any atom is -0.310 e. The molecule has 4 aromatic rings. The van der Waals surface area contributed by atoms with Crippen molar-refractivity contribution in [3.8, 4) is 17.6 Å². The van der Waals surface area contributed by atoms with E-state index in [1.165, 1.54) is 12.1 Å². The molecule has 0 bridgehead atoms. The van der Waals surface area contributed by atoms with Crippen LogP contribution in [0.25, 0.3) is 17.2 Å². The van der Waals surface area contributed by atoms with E-state index in [1.807, 2.05) is 12.1 Å². The number of amides is 1. The third-order valence-corrected chi connectivity index (χ3v) is 6.58. The molecule has 3 aromatic heterocycles. The van der Waals surface area contributed by atoms with E-state index >= 15 is 0 Å². The molecular weight excluding hydrogens is 450 g/mol. The monoisotopic (exact) mass is 472 g/mol. The number of fused-ring (bicyclic) bond motifs is 2. The largest absolute Gasteiger partial charge is 0.310 e. The number of pyridine rings is 1. The first kappa shape index (κ1) is 22.6. The van der Waals surface area contributed by atoms with Crippen molar-refractivity contribution in [2.45, 2.75) is 46.0 Å². The van der Waals surface area contributed by atoms with Crippen LogP contribution in [0.2, 0.25) is 0 Å². The van der Waals surface area contributed by atoms with Gasteiger partial charge in [-0.3, -0.25) is 9.20 Å². The van der Waals surface area contributed by atoms with Crippen molar-refractivity contribution in [1.82, 2.24) is 19.4 Å². The van der Waals surface area contributed by atoms with Gasteiger partial charge in [-0.15, -0.1) is 0 Å². The predicted molar refractivity (Wildman–Crippen MR) is 126 cm³/mol. The van der Waals surface area contributed by atoms with Gasteiger partial charge in [-0.05, 0) is 63.8 Å². The van der Waals surface area contributed by atoms with Crippen LogP contribution in [-0.2, 0) is 23.1 Å². The van der Waals surface area contributed by atoms with Gasteiger partial charge in [0.2, 0.25) is 5.91 Å². The average Bonchev–Trinajstić information content (AvgIpc) is 3.28. The quantitative estimate of drug-likeness (QED) is 0.469. The Hall–Kier alpha value is -4.19. The van der Waals surface area contributed by atoms with Gasteiger partial charge < -0.3 is 5.32 Å². The van der Waals surface area contributed by atoms with Crippen molar-refractivity contribution in [2.24, 2.45) is 0 Å². The Kier molecular flexibility index (Phi) is 5.13. The summed E-state index contributed by atoms with van der Waals surface area (Å²) in [6.45, 7) is 6.86. The Morgan fingerprint density at radius 3 is 2.63 bits per heavy atom. The van der Waals surface area contributed by atoms with Crippen LogP contribution in [0, 0.1) is 36.8 Å². The summed E-state index contributed by atoms with van der Waals surface area (Å²) < 4.78 is 30.6. The Labute approximate surface area is 200 Å². The molecule has 0 fully saturated rings. The van der Waals surface area contributed by atoms with Crippen molar-refractivity contribution in [1.29, 1.82) is 5.26 Å². The molecule has 0 aliphatic carbocycles. The van der Waals surface area contributed by atoms with Crippen molar-refractivity contribution in [3.05, 3.63) is 75.7 Å². The maximum absolute atomic E-state index is 14.5. The van der Waals surface area contributed by atoms with Crippen LogP contribution < -0.4 is 5.32 Å². The van der Waals surface area contributed by atoms with Gasteiger partial charge in [0, 0.05) is 17.3 Å². The number of halogens is 2. The minimum atomic E-state index is -0.916. The Bertz CT molecular complexity index is 1580. The third-order valence-electron chi connectivity index (χ3n) is 6.58. The second-order valence-electron chi connectivity index (χ2n) is 9.24. The first-order valence-corrected chi connectivity index (χ1v) is 11.2. The highest BCUT2D eigenvalue weighted by Crippen LogP contribution is 2.39. The number of nitriles is 1. The standard InChI is InChI=1S/C26H22F2N6O/c1-13-7-10-17(27)16(20(13)28)9-8-15-6-5-11-34-21(14(2)30-24(15)34)23-31-18(12-29)19-22(32-23)33-25(35)26(19,3)4/h5-7,10-11H,8-9H2,1-4H3,(H,31,32,33,35). The summed E-state index contributed by atoms with van der Waals surface area (Å²) >= 11 is 0. The summed E-state index contributed by atoms with van der Waals surface area (Å²) in [5, 5.41) is 12.5. The van der Waals surface area contributed by atoms with Gasteiger partial charge in [0.25, 0.3) is 0 Å². The number of hydrogen-bond acceptors (Lipinski definition) is 5. The van der Waals surface area contributed by atoms with Gasteiger partial charge in [-0.25, -0.2) is 23.7 Å². The SMILES string of the molecule is Cc1ccc(F)c(CCc2cccn3c(-c4nc(C#N)c5c(n4)NC(=O)C5(C)C)c(C)nc23)c1F. The molecule has 4 heterocycles. The number of rotatable bonds is 4. The second-order valence-corrected chi connectivity index (χ2v) is 9.24. The number of aryl methyl sites for hydroxylation is 3. The first-order valence-electron chi connectivity index (χ1n) is 11.2. The molecule has 35 heavy (non-hydrogen) atoms. The number of anilines is 1. The number of benzene rings is 1. The van der Waals surface area contributed by atoms with Crippen molar-refractivity contribution >= 4 is 17.4 Å². The molecule has 0 unspecified atom stereocenters. The molecule has 7 nitrogen and oxygen atoms in total. The molecule has 5 rings (SSSR count). The highest BCUT2D eigenvalue weighted by molar-refractivity contribution is 6.05. The van der Waals surface area contributed by atoms with Crippen LogP contribution in [0.15, 0.2) is 30.5 Å². The number of nitrogens with one attached hydrogen (secondary N) is 1. The zero-order chi connectivity index (χ0) is 25.1. The van der Waals surface area contributed by atoms with Crippen LogP contribution in [0.4, 0.5) is 14.6 Å². The van der Waals surface area contributed by atoms with Gasteiger partial charge >= 0.3 is 0 Å². The first-order chi connectivity index (χ1) is 16.6. The minimum absolute atomic E-state index is 0.0504. The third kappa shape index (κ3) is 3.44. The lowest BCUT2D eigenvalue weighted by Gasteiger charge is -2.15. The van der Waals surface area contributed by atoms with E-state index in [9.17, 15) is 18.8 Å². The zero-order valence-electron chi connectivity index (χ0n) is 19.7. The predicted octanol–water partition coefficient (Wildman–Crippen LogP) is 4.57. The lowest BCUT2D eigenvalue weighted by Crippen LogP contribution is -2.27. The fourth-order valence-electron chi connectivity index (χ4n) is 4.61. The van der Waals surface area contributed by atoms with E-state index in [0.29, 0.717) is 40.4 Å². The molecule has 0 atom stereocenters. The molecule has 0 saturated carbocycles. The normalized spacial score (nSPS) is 14.1. The van der Waals surface area contributed by atoms with Gasteiger partial charge in [0.1, 0.15) is 34.9 Å². The molecule has 0 spiro atoms. The van der Waals surface area contributed by atoms with E-state index in [0.717, 1.165) is 5.56 Å². The summed E-state index contributed by atoms with van der Waals surface area (Å²) in [4.78, 5) is 26.2. The fourth-order valence-corrected chi connectivity index (χ4v) is 4.61. The number of hydrogen-bond donors (Lipinski definition) is 1. The molecule has 1 aliphatic rings. The van der Waals surface area contributed by atoms with Crippen LogP contribution in [-0.4, -0.2) is 25.3 Å². The molecule has 1 aromatic carbocycles. The van der Waals surface area contributed by atoms with E-state index in [1.54, 1.807) is 38.3 Å². The lowest BCUT2D eigenvalue weighted by atomic mass is 9.86. The summed E-state index contributed by atoms with van der Waals surface area (Å²) in [6, 6.07) is 8.49. The second kappa shape index (κ2) is 7.94. The number of nitrogens with zero attached hydrogens (tertiary/aromatic N) is 5. The van der Waals surface area contributed by atoms with Gasteiger partial charge in [-0.2, -0.15) is 5.26 Å². The average molecular weight is 472 g/mol. The fraction of sp³-hybridized carbons (Fsp3) is 0.269. The molecule has 1 aliphatic heterocycles. The number of carbonyl (C=O) groups excluding carboxylic acids is 1. The number of aromatic nitrogens is 4. The topological polar surface area (TPSA) is 96.0 Å². The van der Waals surface area contributed by atoms with Crippen LogP contribution in [0.1, 0.15) is 47.5 Å². The van der Waals surface area contributed by atoms with Crippen LogP contribution in [0.5, 0.6) is 0 Å². The summed E-state index contributed by atoms with van der Waals surface area (Å²) in [5.74, 6) is -0.768. The van der Waals surface area contributed by atoms with Crippen molar-refractivity contribution in [2.75, 3.05) is 5.32 Å². The van der Waals surface area contributed by atoms with E-state index in [2.05, 4.69) is 26.3 Å². The van der Waals surface area contributed by atoms with E-state index in [-0.39, 0.29) is 29.4 Å². The van der Waals surface area contributed by atoms with Crippen molar-refractivity contribution < 1.29 is 13.6 Å². The highest BCUT2D eigenvalue weighted by Gasteiger charge is 2.43. The lowest BCUT2D eigenvalue weighted by molar-refractivity contribution is -0.119. The van der Waals surface area contributed by atoms with Crippen LogP contribution in [0.3, 0.4) is 0 Å². The summed E-state index contributed by atoms with van der Waals surface area (Å²) in [6.07, 6.45) is 2.35. The molecule has 9 heteroatoms. The highest BCUT2D eigenvalue weighted by atomic mass is 19.1. The maximum atomic E-state index is 14.5. The zero-order valence-corrected chi connectivity index (χ0v) is 19.7. The molecular formula is C26H22F2N6O. The van der Waals surface area contributed by atoms with E-state index in [4.69, 9.17) is 0 Å². The smallest absolute Gasteiger partial charge is 0.235 e. The van der Waals surface area contributed by atoms with Gasteiger partial charge in [-0.1, -0.05) is 12.1 Å². The number of carbonyl (C=O) groups is 1. The maximum Gasteiger partial charge on any atom is 0.235 e. The van der Waals surface area contributed by atoms with E-state index < -0.39 is 17.0 Å². The Morgan fingerprint density at radius 2 is 1.89 bits per heavy atom. The number of imidazole rings is 1. The molecule has 1 amide bonds. The molecule has 176 valence electrons. The van der Waals surface area contributed by atoms with Crippen molar-refractivity contribution in [3.63, 3.8) is 0 Å². The van der Waals surface area contributed by atoms with Crippen LogP contribution >= 0.6 is 0 Å². The molecule has 0 radical (unpaired) electrons. The van der Waals surface area contributed by atoms with Gasteiger partial charge in [0.15, 0.2) is 11.5 Å².